The number of rotatable bonds is 5. The van der Waals surface area contributed by atoms with Crippen molar-refractivity contribution in [2.75, 3.05) is 7.05 Å². The van der Waals surface area contributed by atoms with Gasteiger partial charge in [0.25, 0.3) is 11.6 Å². The van der Waals surface area contributed by atoms with Crippen molar-refractivity contribution in [1.29, 1.82) is 0 Å². The summed E-state index contributed by atoms with van der Waals surface area (Å²) in [6.07, 6.45) is 0. The van der Waals surface area contributed by atoms with Crippen molar-refractivity contribution in [3.63, 3.8) is 0 Å². The molecule has 0 bridgehead atoms. The Bertz CT molecular complexity index is 953. The van der Waals surface area contributed by atoms with Gasteiger partial charge in [0.15, 0.2) is 0 Å². The molecule has 1 amide bonds. The Kier molecular flexibility index (Phi) is 4.74. The zero-order chi connectivity index (χ0) is 18.7. The van der Waals surface area contributed by atoms with Crippen LogP contribution in [0.1, 0.15) is 21.8 Å². The standard InChI is InChI=1S/C18H16N4O4/c1-12-14(9-6-10-15(12)22(24)25)18(23)21(2)11-16-19-17(20-26-16)13-7-4-3-5-8-13/h3-10H,11H2,1-2H3. The average Bonchev–Trinajstić information content (AvgIpc) is 3.10. The lowest BCUT2D eigenvalue weighted by Crippen LogP contribution is -2.27. The highest BCUT2D eigenvalue weighted by molar-refractivity contribution is 5.96. The van der Waals surface area contributed by atoms with Crippen LogP contribution in [0.15, 0.2) is 53.1 Å². The van der Waals surface area contributed by atoms with Gasteiger partial charge in [0.2, 0.25) is 11.7 Å². The molecule has 0 spiro atoms. The normalized spacial score (nSPS) is 10.5. The first-order chi connectivity index (χ1) is 12.5. The lowest BCUT2D eigenvalue weighted by molar-refractivity contribution is -0.385. The van der Waals surface area contributed by atoms with E-state index in [-0.39, 0.29) is 29.6 Å². The second-order valence-corrected chi connectivity index (χ2v) is 5.75. The van der Waals surface area contributed by atoms with Crippen LogP contribution in [0.2, 0.25) is 0 Å². The Morgan fingerprint density at radius 3 is 2.62 bits per heavy atom. The average molecular weight is 352 g/mol. The van der Waals surface area contributed by atoms with E-state index in [2.05, 4.69) is 10.1 Å². The predicted molar refractivity (Wildman–Crippen MR) is 93.4 cm³/mol. The molecule has 3 aromatic rings. The van der Waals surface area contributed by atoms with Gasteiger partial charge in [-0.15, -0.1) is 0 Å². The molecule has 0 N–H and O–H groups in total. The highest BCUT2D eigenvalue weighted by Crippen LogP contribution is 2.22. The maximum atomic E-state index is 12.6. The van der Waals surface area contributed by atoms with Gasteiger partial charge in [-0.1, -0.05) is 41.6 Å². The fourth-order valence-corrected chi connectivity index (χ4v) is 2.56. The number of nitro groups is 1. The smallest absolute Gasteiger partial charge is 0.273 e. The van der Waals surface area contributed by atoms with Crippen LogP contribution in [0.4, 0.5) is 5.69 Å². The quantitative estimate of drug-likeness (QED) is 0.516. The maximum Gasteiger partial charge on any atom is 0.273 e. The van der Waals surface area contributed by atoms with Crippen LogP contribution in [-0.2, 0) is 6.54 Å². The molecule has 26 heavy (non-hydrogen) atoms. The molecule has 2 aromatic carbocycles. The summed E-state index contributed by atoms with van der Waals surface area (Å²) in [6, 6.07) is 13.8. The number of carbonyl (C=O) groups is 1. The lowest BCUT2D eigenvalue weighted by atomic mass is 10.1. The van der Waals surface area contributed by atoms with Crippen LogP contribution >= 0.6 is 0 Å². The molecule has 1 heterocycles. The Balaban J connectivity index is 1.78. The number of benzene rings is 2. The second kappa shape index (κ2) is 7.14. The van der Waals surface area contributed by atoms with Gasteiger partial charge in [0, 0.05) is 29.8 Å². The first kappa shape index (κ1) is 17.3. The van der Waals surface area contributed by atoms with Gasteiger partial charge in [-0.05, 0) is 13.0 Å². The number of amides is 1. The fraction of sp³-hybridized carbons (Fsp3) is 0.167. The van der Waals surface area contributed by atoms with Crippen LogP contribution in [0, 0.1) is 17.0 Å². The number of nitrogens with zero attached hydrogens (tertiary/aromatic N) is 4. The number of hydrogen-bond donors (Lipinski definition) is 0. The minimum atomic E-state index is -0.504. The molecule has 0 atom stereocenters. The summed E-state index contributed by atoms with van der Waals surface area (Å²) in [5, 5.41) is 15.0. The molecule has 0 radical (unpaired) electrons. The molecule has 0 unspecified atom stereocenters. The van der Waals surface area contributed by atoms with E-state index in [1.807, 2.05) is 30.3 Å². The second-order valence-electron chi connectivity index (χ2n) is 5.75. The Morgan fingerprint density at radius 2 is 1.92 bits per heavy atom. The van der Waals surface area contributed by atoms with Crippen molar-refractivity contribution in [2.45, 2.75) is 13.5 Å². The summed E-state index contributed by atoms with van der Waals surface area (Å²) in [7, 11) is 1.58. The molecule has 3 rings (SSSR count). The van der Waals surface area contributed by atoms with E-state index in [4.69, 9.17) is 4.52 Å². The van der Waals surface area contributed by atoms with Gasteiger partial charge in [-0.3, -0.25) is 14.9 Å². The molecular formula is C18H16N4O4. The van der Waals surface area contributed by atoms with E-state index in [9.17, 15) is 14.9 Å². The van der Waals surface area contributed by atoms with Crippen LogP contribution < -0.4 is 0 Å². The van der Waals surface area contributed by atoms with Crippen molar-refractivity contribution in [2.24, 2.45) is 0 Å². The third-order valence-electron chi connectivity index (χ3n) is 3.95. The van der Waals surface area contributed by atoms with Crippen molar-refractivity contribution in [3.05, 3.63) is 75.7 Å². The highest BCUT2D eigenvalue weighted by Gasteiger charge is 2.22. The largest absolute Gasteiger partial charge is 0.337 e. The van der Waals surface area contributed by atoms with Gasteiger partial charge in [0.1, 0.15) is 0 Å². The Morgan fingerprint density at radius 1 is 1.19 bits per heavy atom. The molecule has 0 fully saturated rings. The van der Waals surface area contributed by atoms with Crippen molar-refractivity contribution >= 4 is 11.6 Å². The third-order valence-corrected chi connectivity index (χ3v) is 3.95. The summed E-state index contributed by atoms with van der Waals surface area (Å²) >= 11 is 0. The van der Waals surface area contributed by atoms with E-state index < -0.39 is 4.92 Å². The molecule has 8 nitrogen and oxygen atoms in total. The van der Waals surface area contributed by atoms with Crippen LogP contribution in [0.3, 0.4) is 0 Å². The van der Waals surface area contributed by atoms with Crippen LogP contribution in [-0.4, -0.2) is 32.9 Å². The Labute approximate surface area is 149 Å². The van der Waals surface area contributed by atoms with E-state index in [1.54, 1.807) is 20.0 Å². The fourth-order valence-electron chi connectivity index (χ4n) is 2.56. The molecular weight excluding hydrogens is 336 g/mol. The van der Waals surface area contributed by atoms with Crippen molar-refractivity contribution < 1.29 is 14.2 Å². The molecule has 0 saturated carbocycles. The zero-order valence-corrected chi connectivity index (χ0v) is 14.2. The third kappa shape index (κ3) is 3.44. The summed E-state index contributed by atoms with van der Waals surface area (Å²) in [6.45, 7) is 1.65. The summed E-state index contributed by atoms with van der Waals surface area (Å²) < 4.78 is 5.20. The topological polar surface area (TPSA) is 102 Å². The lowest BCUT2D eigenvalue weighted by Gasteiger charge is -2.16. The summed E-state index contributed by atoms with van der Waals surface area (Å²) in [4.78, 5) is 28.8. The molecule has 8 heteroatoms. The zero-order valence-electron chi connectivity index (χ0n) is 14.2. The summed E-state index contributed by atoms with van der Waals surface area (Å²) in [5.74, 6) is 0.362. The Hall–Kier alpha value is -3.55. The predicted octanol–water partition coefficient (Wildman–Crippen LogP) is 3.23. The first-order valence-electron chi connectivity index (χ1n) is 7.85. The SMILES string of the molecule is Cc1c(C(=O)N(C)Cc2nc(-c3ccccc3)no2)cccc1[N+](=O)[O-]. The maximum absolute atomic E-state index is 12.6. The van der Waals surface area contributed by atoms with Gasteiger partial charge in [0.05, 0.1) is 11.5 Å². The number of nitro benzene ring substituents is 1. The molecule has 132 valence electrons. The van der Waals surface area contributed by atoms with E-state index >= 15 is 0 Å². The number of hydrogen-bond acceptors (Lipinski definition) is 6. The van der Waals surface area contributed by atoms with Gasteiger partial charge in [-0.2, -0.15) is 4.98 Å². The number of carbonyl (C=O) groups excluding carboxylic acids is 1. The van der Waals surface area contributed by atoms with Gasteiger partial charge < -0.3 is 9.42 Å². The highest BCUT2D eigenvalue weighted by atomic mass is 16.6. The van der Waals surface area contributed by atoms with E-state index in [0.29, 0.717) is 11.4 Å². The van der Waals surface area contributed by atoms with Crippen LogP contribution in [0.5, 0.6) is 0 Å². The van der Waals surface area contributed by atoms with E-state index in [0.717, 1.165) is 5.56 Å². The summed E-state index contributed by atoms with van der Waals surface area (Å²) in [5.41, 5.74) is 1.31. The minimum absolute atomic E-state index is 0.0894. The van der Waals surface area contributed by atoms with Crippen molar-refractivity contribution in [1.82, 2.24) is 15.0 Å². The minimum Gasteiger partial charge on any atom is -0.337 e. The van der Waals surface area contributed by atoms with Crippen molar-refractivity contribution in [3.8, 4) is 11.4 Å². The molecule has 1 aromatic heterocycles. The molecule has 0 saturated heterocycles. The van der Waals surface area contributed by atoms with Gasteiger partial charge in [-0.25, -0.2) is 0 Å². The number of aromatic nitrogens is 2. The van der Waals surface area contributed by atoms with E-state index in [1.165, 1.54) is 17.0 Å². The van der Waals surface area contributed by atoms with Gasteiger partial charge >= 0.3 is 0 Å². The van der Waals surface area contributed by atoms with Crippen LogP contribution in [0.25, 0.3) is 11.4 Å². The monoisotopic (exact) mass is 352 g/mol. The molecule has 0 aliphatic carbocycles. The molecule has 0 aliphatic heterocycles. The first-order valence-corrected chi connectivity index (χ1v) is 7.85. The molecule has 0 aliphatic rings.